The molecular weight excluding hydrogens is 393 g/mol. The number of nitrogens with two attached hydrogens (primary N) is 1. The van der Waals surface area contributed by atoms with Crippen molar-refractivity contribution in [3.63, 3.8) is 0 Å². The molecule has 2 aromatic rings. The molecular formula is C21H23FN3O3S+. The number of rotatable bonds is 4. The summed E-state index contributed by atoms with van der Waals surface area (Å²) in [4.78, 5) is 25.3. The standard InChI is InChI=1S/C21H22FN3O3S/c1-20(2)9-14-15(10-23)18(29-17(14)21(3,4)25-20)24-16(26)11-28-19(27)12-6-5-7-13(22)8-12/h5-8,25H,9,11H2,1-4H3,(H,24,26)/p+1. The number of amides is 1. The highest BCUT2D eigenvalue weighted by atomic mass is 32.1. The molecule has 152 valence electrons. The van der Waals surface area contributed by atoms with Crippen LogP contribution >= 0.6 is 11.3 Å². The number of esters is 1. The first-order valence-electron chi connectivity index (χ1n) is 9.18. The topological polar surface area (TPSA) is 95.8 Å². The number of benzene rings is 1. The van der Waals surface area contributed by atoms with Crippen molar-refractivity contribution in [2.75, 3.05) is 11.9 Å². The second kappa shape index (κ2) is 7.58. The van der Waals surface area contributed by atoms with Gasteiger partial charge in [-0.05, 0) is 51.5 Å². The molecule has 1 aliphatic heterocycles. The van der Waals surface area contributed by atoms with E-state index in [0.717, 1.165) is 22.9 Å². The van der Waals surface area contributed by atoms with Crippen molar-refractivity contribution in [3.8, 4) is 6.07 Å². The molecule has 6 nitrogen and oxygen atoms in total. The van der Waals surface area contributed by atoms with Crippen molar-refractivity contribution >= 4 is 28.2 Å². The maximum atomic E-state index is 13.2. The van der Waals surface area contributed by atoms with Gasteiger partial charge in [-0.25, -0.2) is 9.18 Å². The first-order valence-corrected chi connectivity index (χ1v) is 10.00. The molecule has 1 amide bonds. The lowest BCUT2D eigenvalue weighted by Crippen LogP contribution is -3.03. The second-order valence-electron chi connectivity index (χ2n) is 8.39. The van der Waals surface area contributed by atoms with E-state index in [-0.39, 0.29) is 16.6 Å². The second-order valence-corrected chi connectivity index (χ2v) is 9.41. The summed E-state index contributed by atoms with van der Waals surface area (Å²) in [5.74, 6) is -1.90. The number of hydrogen-bond acceptors (Lipinski definition) is 5. The van der Waals surface area contributed by atoms with E-state index in [9.17, 15) is 19.2 Å². The van der Waals surface area contributed by atoms with Gasteiger partial charge >= 0.3 is 5.97 Å². The largest absolute Gasteiger partial charge is 0.452 e. The monoisotopic (exact) mass is 416 g/mol. The number of thiophene rings is 1. The Morgan fingerprint density at radius 3 is 2.72 bits per heavy atom. The van der Waals surface area contributed by atoms with Gasteiger partial charge in [-0.15, -0.1) is 11.3 Å². The van der Waals surface area contributed by atoms with E-state index in [1.807, 2.05) is 0 Å². The number of quaternary nitrogens is 1. The Kier molecular flexibility index (Phi) is 5.48. The molecule has 1 aliphatic rings. The molecule has 3 N–H and O–H groups in total. The van der Waals surface area contributed by atoms with Gasteiger partial charge in [0.05, 0.1) is 21.5 Å². The van der Waals surface area contributed by atoms with Crippen LogP contribution in [-0.4, -0.2) is 24.0 Å². The van der Waals surface area contributed by atoms with E-state index in [2.05, 4.69) is 44.4 Å². The van der Waals surface area contributed by atoms with Gasteiger partial charge < -0.3 is 15.4 Å². The molecule has 1 aromatic heterocycles. The Labute approximate surface area is 172 Å². The molecule has 0 aliphatic carbocycles. The van der Waals surface area contributed by atoms with Crippen LogP contribution in [0.25, 0.3) is 0 Å². The van der Waals surface area contributed by atoms with Gasteiger partial charge in [0.15, 0.2) is 6.61 Å². The summed E-state index contributed by atoms with van der Waals surface area (Å²) in [7, 11) is 0. The molecule has 0 radical (unpaired) electrons. The number of nitrogens with one attached hydrogen (secondary N) is 1. The SMILES string of the molecule is CC1(C)Cc2c(sc(NC(=O)COC(=O)c3cccc(F)c3)c2C#N)C(C)(C)[NH2+]1. The molecule has 3 rings (SSSR count). The fourth-order valence-electron chi connectivity index (χ4n) is 3.90. The zero-order valence-corrected chi connectivity index (χ0v) is 17.6. The predicted octanol–water partition coefficient (Wildman–Crippen LogP) is 2.69. The summed E-state index contributed by atoms with van der Waals surface area (Å²) >= 11 is 1.38. The number of carbonyl (C=O) groups excluding carboxylic acids is 2. The average Bonchev–Trinajstić information content (AvgIpc) is 2.95. The van der Waals surface area contributed by atoms with Crippen molar-refractivity contribution in [3.05, 3.63) is 51.7 Å². The lowest BCUT2D eigenvalue weighted by Gasteiger charge is -2.38. The van der Waals surface area contributed by atoms with E-state index >= 15 is 0 Å². The summed E-state index contributed by atoms with van der Waals surface area (Å²) in [5, 5.41) is 15.1. The molecule has 0 saturated carbocycles. The van der Waals surface area contributed by atoms with Crippen LogP contribution in [0, 0.1) is 17.1 Å². The van der Waals surface area contributed by atoms with Crippen molar-refractivity contribution in [1.82, 2.24) is 0 Å². The van der Waals surface area contributed by atoms with Crippen molar-refractivity contribution < 1.29 is 24.0 Å². The molecule has 29 heavy (non-hydrogen) atoms. The van der Waals surface area contributed by atoms with Gasteiger partial charge in [0.1, 0.15) is 22.4 Å². The van der Waals surface area contributed by atoms with Gasteiger partial charge in [0.2, 0.25) is 0 Å². The molecule has 0 fully saturated rings. The Balaban J connectivity index is 1.74. The zero-order valence-electron chi connectivity index (χ0n) is 16.8. The third-order valence-corrected chi connectivity index (χ3v) is 6.22. The van der Waals surface area contributed by atoms with Crippen molar-refractivity contribution in [2.45, 2.75) is 45.2 Å². The van der Waals surface area contributed by atoms with Gasteiger partial charge in [-0.1, -0.05) is 6.07 Å². The third-order valence-electron chi connectivity index (χ3n) is 4.74. The van der Waals surface area contributed by atoms with Crippen LogP contribution in [0.15, 0.2) is 24.3 Å². The number of fused-ring (bicyclic) bond motifs is 1. The van der Waals surface area contributed by atoms with E-state index in [4.69, 9.17) is 4.74 Å². The van der Waals surface area contributed by atoms with Crippen molar-refractivity contribution in [1.29, 1.82) is 5.26 Å². The van der Waals surface area contributed by atoms with E-state index in [1.54, 1.807) is 0 Å². The molecule has 1 aromatic carbocycles. The van der Waals surface area contributed by atoms with Gasteiger partial charge in [-0.3, -0.25) is 4.79 Å². The number of ether oxygens (including phenoxy) is 1. The van der Waals surface area contributed by atoms with E-state index < -0.39 is 24.3 Å². The van der Waals surface area contributed by atoms with E-state index in [1.165, 1.54) is 29.5 Å². The molecule has 0 spiro atoms. The summed E-state index contributed by atoms with van der Waals surface area (Å²) < 4.78 is 18.2. The molecule has 8 heteroatoms. The van der Waals surface area contributed by atoms with Crippen LogP contribution in [-0.2, 0) is 21.5 Å². The maximum Gasteiger partial charge on any atom is 0.338 e. The Morgan fingerprint density at radius 2 is 2.07 bits per heavy atom. The summed E-state index contributed by atoms with van der Waals surface area (Å²) in [6.45, 7) is 7.92. The third kappa shape index (κ3) is 4.47. The highest BCUT2D eigenvalue weighted by Gasteiger charge is 2.44. The molecule has 0 bridgehead atoms. The number of halogens is 1. The van der Waals surface area contributed by atoms with Gasteiger partial charge in [0.25, 0.3) is 5.91 Å². The lowest BCUT2D eigenvalue weighted by molar-refractivity contribution is -0.789. The smallest absolute Gasteiger partial charge is 0.338 e. The van der Waals surface area contributed by atoms with Crippen LogP contribution in [0.4, 0.5) is 9.39 Å². The quantitative estimate of drug-likeness (QED) is 0.749. The molecule has 0 saturated heterocycles. The van der Waals surface area contributed by atoms with Gasteiger partial charge in [-0.2, -0.15) is 5.26 Å². The molecule has 0 atom stereocenters. The molecule has 0 unspecified atom stereocenters. The van der Waals surface area contributed by atoms with E-state index in [0.29, 0.717) is 10.6 Å². The fraction of sp³-hybridized carbons (Fsp3) is 0.381. The minimum Gasteiger partial charge on any atom is -0.452 e. The number of hydrogen-bond donors (Lipinski definition) is 2. The zero-order chi connectivity index (χ0) is 21.4. The minimum absolute atomic E-state index is 0.0293. The Hall–Kier alpha value is -2.76. The highest BCUT2D eigenvalue weighted by molar-refractivity contribution is 7.16. The van der Waals surface area contributed by atoms with Crippen LogP contribution in [0.3, 0.4) is 0 Å². The summed E-state index contributed by atoms with van der Waals surface area (Å²) in [6.07, 6.45) is 0.718. The van der Waals surface area contributed by atoms with Gasteiger partial charge in [0, 0.05) is 6.42 Å². The first-order chi connectivity index (χ1) is 13.5. The maximum absolute atomic E-state index is 13.2. The van der Waals surface area contributed by atoms with Crippen LogP contribution in [0.1, 0.15) is 54.1 Å². The van der Waals surface area contributed by atoms with Crippen molar-refractivity contribution in [2.24, 2.45) is 0 Å². The molecule has 2 heterocycles. The Bertz CT molecular complexity index is 1020. The summed E-state index contributed by atoms with van der Waals surface area (Å²) in [5.41, 5.74) is 1.17. The number of nitriles is 1. The number of anilines is 1. The fourth-order valence-corrected chi connectivity index (χ4v) is 5.16. The lowest BCUT2D eigenvalue weighted by atomic mass is 9.81. The average molecular weight is 416 g/mol. The Morgan fingerprint density at radius 1 is 1.34 bits per heavy atom. The first kappa shape index (κ1) is 21.0. The number of nitrogens with zero attached hydrogens (tertiary/aromatic N) is 1. The minimum atomic E-state index is -0.789. The summed E-state index contributed by atoms with van der Waals surface area (Å²) in [6, 6.07) is 7.27. The van der Waals surface area contributed by atoms with Crippen LogP contribution in [0.2, 0.25) is 0 Å². The van der Waals surface area contributed by atoms with Crippen LogP contribution in [0.5, 0.6) is 0 Å². The highest BCUT2D eigenvalue weighted by Crippen LogP contribution is 2.41. The van der Waals surface area contributed by atoms with Crippen LogP contribution < -0.4 is 10.6 Å². The normalized spacial score (nSPS) is 16.4. The number of carbonyl (C=O) groups is 2. The predicted molar refractivity (Wildman–Crippen MR) is 107 cm³/mol.